The van der Waals surface area contributed by atoms with Gasteiger partial charge in [-0.05, 0) is 36.4 Å². The van der Waals surface area contributed by atoms with E-state index in [9.17, 15) is 0 Å². The molecule has 1 aromatic rings. The Labute approximate surface area is 89.6 Å². The molecule has 0 aromatic carbocycles. The second kappa shape index (κ2) is 5.06. The minimum Gasteiger partial charge on any atom is -0.352 e. The Bertz CT molecular complexity index is 291. The van der Waals surface area contributed by atoms with Gasteiger partial charge in [-0.1, -0.05) is 11.5 Å². The number of hydrogen-bond acceptors (Lipinski definition) is 5. The fourth-order valence-electron chi connectivity index (χ4n) is 1.89. The molecule has 0 saturated carbocycles. The van der Waals surface area contributed by atoms with Crippen LogP contribution in [0.5, 0.6) is 0 Å². The van der Waals surface area contributed by atoms with Crippen LogP contribution in [-0.2, 0) is 7.05 Å². The molecule has 84 valence electrons. The number of likely N-dealkylation sites (tertiary alicyclic amines) is 1. The molecule has 0 unspecified atom stereocenters. The van der Waals surface area contributed by atoms with E-state index in [1.54, 1.807) is 4.68 Å². The van der Waals surface area contributed by atoms with E-state index in [0.29, 0.717) is 0 Å². The van der Waals surface area contributed by atoms with Crippen LogP contribution in [0.25, 0.3) is 0 Å². The van der Waals surface area contributed by atoms with Crippen LogP contribution in [0.4, 0.5) is 5.95 Å². The summed E-state index contributed by atoms with van der Waals surface area (Å²) in [4.78, 5) is 2.49. The first-order valence-electron chi connectivity index (χ1n) is 5.55. The molecule has 0 aliphatic carbocycles. The molecule has 0 amide bonds. The maximum atomic E-state index is 3.87. The highest BCUT2D eigenvalue weighted by Gasteiger charge is 2.09. The molecule has 0 atom stereocenters. The zero-order chi connectivity index (χ0) is 10.5. The summed E-state index contributed by atoms with van der Waals surface area (Å²) in [7, 11) is 1.84. The quantitative estimate of drug-likeness (QED) is 0.764. The third-order valence-corrected chi connectivity index (χ3v) is 2.78. The van der Waals surface area contributed by atoms with Crippen molar-refractivity contribution in [2.24, 2.45) is 7.05 Å². The lowest BCUT2D eigenvalue weighted by Gasteiger charge is -2.26. The molecule has 1 aliphatic heterocycles. The number of piperidine rings is 1. The number of rotatable bonds is 4. The summed E-state index contributed by atoms with van der Waals surface area (Å²) in [6.45, 7) is 4.46. The van der Waals surface area contributed by atoms with Gasteiger partial charge < -0.3 is 10.2 Å². The van der Waals surface area contributed by atoms with Crippen molar-refractivity contribution in [2.45, 2.75) is 19.3 Å². The summed E-state index contributed by atoms with van der Waals surface area (Å²) in [6.07, 6.45) is 4.06. The second-order valence-corrected chi connectivity index (χ2v) is 3.96. The predicted octanol–water partition coefficient (Wildman–Crippen LogP) is 0.108. The van der Waals surface area contributed by atoms with Crippen LogP contribution < -0.4 is 5.32 Å². The van der Waals surface area contributed by atoms with Gasteiger partial charge in [-0.3, -0.25) is 0 Å². The van der Waals surface area contributed by atoms with Gasteiger partial charge in [0, 0.05) is 20.1 Å². The second-order valence-electron chi connectivity index (χ2n) is 3.96. The zero-order valence-electron chi connectivity index (χ0n) is 9.19. The molecule has 1 fully saturated rings. The lowest BCUT2D eigenvalue weighted by atomic mass is 10.1. The van der Waals surface area contributed by atoms with Crippen molar-refractivity contribution in [3.8, 4) is 0 Å². The number of aryl methyl sites for hydroxylation is 1. The van der Waals surface area contributed by atoms with Crippen molar-refractivity contribution >= 4 is 5.95 Å². The monoisotopic (exact) mass is 210 g/mol. The number of nitrogens with zero attached hydrogens (tertiary/aromatic N) is 5. The molecule has 1 N–H and O–H groups in total. The molecule has 6 nitrogen and oxygen atoms in total. The summed E-state index contributed by atoms with van der Waals surface area (Å²) in [6, 6.07) is 0. The summed E-state index contributed by atoms with van der Waals surface area (Å²) in [5.41, 5.74) is 0. The first-order chi connectivity index (χ1) is 7.36. The maximum absolute atomic E-state index is 3.87. The summed E-state index contributed by atoms with van der Waals surface area (Å²) < 4.78 is 1.65. The molecule has 2 rings (SSSR count). The van der Waals surface area contributed by atoms with Crippen molar-refractivity contribution in [3.63, 3.8) is 0 Å². The van der Waals surface area contributed by atoms with Crippen LogP contribution >= 0.6 is 0 Å². The van der Waals surface area contributed by atoms with Crippen molar-refractivity contribution < 1.29 is 0 Å². The third kappa shape index (κ3) is 2.89. The van der Waals surface area contributed by atoms with Gasteiger partial charge in [-0.25, -0.2) is 4.68 Å². The Kier molecular flexibility index (Phi) is 3.49. The lowest BCUT2D eigenvalue weighted by Crippen LogP contribution is -2.34. The molecule has 2 heterocycles. The van der Waals surface area contributed by atoms with Crippen LogP contribution in [-0.4, -0.2) is 51.3 Å². The van der Waals surface area contributed by atoms with Crippen LogP contribution in [0.15, 0.2) is 0 Å². The maximum Gasteiger partial charge on any atom is 0.242 e. The van der Waals surface area contributed by atoms with Crippen LogP contribution in [0.2, 0.25) is 0 Å². The molecule has 0 spiro atoms. The fraction of sp³-hybridized carbons (Fsp3) is 0.889. The summed E-state index contributed by atoms with van der Waals surface area (Å²) in [5, 5.41) is 14.4. The van der Waals surface area contributed by atoms with Crippen molar-refractivity contribution in [2.75, 3.05) is 31.5 Å². The third-order valence-electron chi connectivity index (χ3n) is 2.78. The van der Waals surface area contributed by atoms with E-state index >= 15 is 0 Å². The lowest BCUT2D eigenvalue weighted by molar-refractivity contribution is 0.237. The van der Waals surface area contributed by atoms with E-state index in [4.69, 9.17) is 0 Å². The van der Waals surface area contributed by atoms with E-state index in [1.807, 2.05) is 7.05 Å². The highest BCUT2D eigenvalue weighted by Crippen LogP contribution is 2.07. The highest BCUT2D eigenvalue weighted by atomic mass is 15.6. The van der Waals surface area contributed by atoms with E-state index in [0.717, 1.165) is 19.0 Å². The van der Waals surface area contributed by atoms with Gasteiger partial charge in [0.2, 0.25) is 5.95 Å². The number of nitrogens with one attached hydrogen (secondary N) is 1. The van der Waals surface area contributed by atoms with Crippen LogP contribution in [0.1, 0.15) is 19.3 Å². The van der Waals surface area contributed by atoms with Crippen molar-refractivity contribution in [1.82, 2.24) is 25.1 Å². The van der Waals surface area contributed by atoms with E-state index in [1.165, 1.54) is 32.4 Å². The molecule has 15 heavy (non-hydrogen) atoms. The van der Waals surface area contributed by atoms with E-state index in [-0.39, 0.29) is 0 Å². The van der Waals surface area contributed by atoms with E-state index < -0.39 is 0 Å². The SMILES string of the molecule is Cn1nnnc1NCCN1CCCCC1. The molecular formula is C9H18N6. The Morgan fingerprint density at radius 3 is 2.73 bits per heavy atom. The Morgan fingerprint density at radius 2 is 2.07 bits per heavy atom. The normalized spacial score (nSPS) is 17.9. The highest BCUT2D eigenvalue weighted by molar-refractivity contribution is 5.20. The van der Waals surface area contributed by atoms with Gasteiger partial charge in [0.25, 0.3) is 0 Å². The Balaban J connectivity index is 1.68. The molecule has 1 aromatic heterocycles. The smallest absolute Gasteiger partial charge is 0.242 e. The molecule has 1 aliphatic rings. The Hall–Kier alpha value is -1.17. The number of tetrazole rings is 1. The van der Waals surface area contributed by atoms with Crippen LogP contribution in [0.3, 0.4) is 0 Å². The number of anilines is 1. The zero-order valence-corrected chi connectivity index (χ0v) is 9.19. The van der Waals surface area contributed by atoms with Crippen molar-refractivity contribution in [1.29, 1.82) is 0 Å². The number of aromatic nitrogens is 4. The molecule has 0 radical (unpaired) electrons. The predicted molar refractivity (Wildman–Crippen MR) is 57.6 cm³/mol. The van der Waals surface area contributed by atoms with Gasteiger partial charge in [-0.2, -0.15) is 0 Å². The summed E-state index contributed by atoms with van der Waals surface area (Å²) in [5.74, 6) is 0.743. The largest absolute Gasteiger partial charge is 0.352 e. The fourth-order valence-corrected chi connectivity index (χ4v) is 1.89. The van der Waals surface area contributed by atoms with Crippen LogP contribution in [0, 0.1) is 0 Å². The van der Waals surface area contributed by atoms with Gasteiger partial charge >= 0.3 is 0 Å². The molecular weight excluding hydrogens is 192 g/mol. The average Bonchev–Trinajstić information content (AvgIpc) is 2.66. The first-order valence-corrected chi connectivity index (χ1v) is 5.55. The molecule has 6 heteroatoms. The minimum atomic E-state index is 0.743. The molecule has 1 saturated heterocycles. The summed E-state index contributed by atoms with van der Waals surface area (Å²) >= 11 is 0. The van der Waals surface area contributed by atoms with Gasteiger partial charge in [0.1, 0.15) is 0 Å². The van der Waals surface area contributed by atoms with Gasteiger partial charge in [0.15, 0.2) is 0 Å². The van der Waals surface area contributed by atoms with Crippen molar-refractivity contribution in [3.05, 3.63) is 0 Å². The average molecular weight is 210 g/mol. The van der Waals surface area contributed by atoms with Gasteiger partial charge in [0.05, 0.1) is 0 Å². The molecule has 0 bridgehead atoms. The minimum absolute atomic E-state index is 0.743. The Morgan fingerprint density at radius 1 is 1.27 bits per heavy atom. The standard InChI is InChI=1S/C9H18N6/c1-14-9(11-12-13-14)10-5-8-15-6-3-2-4-7-15/h2-8H2,1H3,(H,10,11,13). The number of hydrogen-bond donors (Lipinski definition) is 1. The van der Waals surface area contributed by atoms with Gasteiger partial charge in [-0.15, -0.1) is 0 Å². The topological polar surface area (TPSA) is 58.9 Å². The first kappa shape index (κ1) is 10.4. The van der Waals surface area contributed by atoms with E-state index in [2.05, 4.69) is 25.7 Å².